The van der Waals surface area contributed by atoms with E-state index < -0.39 is 17.8 Å². The molecule has 2 N–H and O–H groups in total. The third-order valence-corrected chi connectivity index (χ3v) is 4.56. The number of urea groups is 1. The highest BCUT2D eigenvalue weighted by molar-refractivity contribution is 7.80. The number of hydrogen-bond acceptors (Lipinski definition) is 2. The number of fused-ring (bicyclic) bond motifs is 1. The number of halogens is 3. The summed E-state index contributed by atoms with van der Waals surface area (Å²) in [5.41, 5.74) is -0.695. The Labute approximate surface area is 137 Å². The smallest absolute Gasteiger partial charge is 0.357 e. The molecule has 0 radical (unpaired) electrons. The van der Waals surface area contributed by atoms with E-state index in [-0.39, 0.29) is 17.8 Å². The summed E-state index contributed by atoms with van der Waals surface area (Å²) in [6, 6.07) is 4.21. The van der Waals surface area contributed by atoms with Gasteiger partial charge in [0.15, 0.2) is 5.11 Å². The highest BCUT2D eigenvalue weighted by Gasteiger charge is 2.41. The number of nitrogens with one attached hydrogen (secondary N) is 2. The molecule has 4 nitrogen and oxygen atoms in total. The number of alkyl halides is 3. The fourth-order valence-electron chi connectivity index (χ4n) is 3.17. The first kappa shape index (κ1) is 16.0. The van der Waals surface area contributed by atoms with Crippen molar-refractivity contribution in [1.82, 2.24) is 10.2 Å². The molecule has 1 saturated heterocycles. The van der Waals surface area contributed by atoms with Crippen molar-refractivity contribution in [1.29, 1.82) is 0 Å². The fraction of sp³-hybridized carbons (Fsp3) is 0.467. The zero-order chi connectivity index (χ0) is 16.6. The van der Waals surface area contributed by atoms with Gasteiger partial charge in [-0.15, -0.1) is 0 Å². The molecule has 2 amide bonds. The SMILES string of the molecule is O=C(Nc1cccc(C(F)(F)F)c1)N1C(=S)N[C@H]2CCCC[C@H]21. The van der Waals surface area contributed by atoms with Gasteiger partial charge in [-0.05, 0) is 43.3 Å². The van der Waals surface area contributed by atoms with E-state index in [2.05, 4.69) is 10.6 Å². The van der Waals surface area contributed by atoms with Crippen molar-refractivity contribution in [3.63, 3.8) is 0 Å². The van der Waals surface area contributed by atoms with Crippen molar-refractivity contribution in [3.05, 3.63) is 29.8 Å². The van der Waals surface area contributed by atoms with Gasteiger partial charge in [0.2, 0.25) is 0 Å². The minimum Gasteiger partial charge on any atom is -0.357 e. The van der Waals surface area contributed by atoms with Gasteiger partial charge in [-0.3, -0.25) is 4.90 Å². The monoisotopic (exact) mass is 343 g/mol. The van der Waals surface area contributed by atoms with E-state index in [0.717, 1.165) is 37.8 Å². The van der Waals surface area contributed by atoms with Crippen LogP contribution in [0.4, 0.5) is 23.7 Å². The van der Waals surface area contributed by atoms with Crippen LogP contribution in [0.3, 0.4) is 0 Å². The average molecular weight is 343 g/mol. The van der Waals surface area contributed by atoms with E-state index in [1.807, 2.05) is 0 Å². The van der Waals surface area contributed by atoms with Crippen LogP contribution in [0.15, 0.2) is 24.3 Å². The Bertz CT molecular complexity index is 635. The van der Waals surface area contributed by atoms with Crippen molar-refractivity contribution >= 4 is 29.0 Å². The lowest BCUT2D eigenvalue weighted by atomic mass is 9.91. The van der Waals surface area contributed by atoms with Crippen molar-refractivity contribution in [2.24, 2.45) is 0 Å². The van der Waals surface area contributed by atoms with Crippen LogP contribution in [0.2, 0.25) is 0 Å². The summed E-state index contributed by atoms with van der Waals surface area (Å²) in [5, 5.41) is 5.98. The number of thiocarbonyl (C=S) groups is 1. The molecule has 3 rings (SSSR count). The first-order valence-corrected chi connectivity index (χ1v) is 7.85. The van der Waals surface area contributed by atoms with Gasteiger partial charge in [0.1, 0.15) is 0 Å². The Kier molecular flexibility index (Phi) is 4.18. The van der Waals surface area contributed by atoms with Crippen molar-refractivity contribution in [2.45, 2.75) is 43.9 Å². The van der Waals surface area contributed by atoms with Crippen LogP contribution < -0.4 is 10.6 Å². The number of carbonyl (C=O) groups is 1. The van der Waals surface area contributed by atoms with E-state index in [1.165, 1.54) is 17.0 Å². The van der Waals surface area contributed by atoms with Gasteiger partial charge in [0.25, 0.3) is 0 Å². The second kappa shape index (κ2) is 5.99. The number of benzene rings is 1. The summed E-state index contributed by atoms with van der Waals surface area (Å²) in [5.74, 6) is 0. The topological polar surface area (TPSA) is 44.4 Å². The maximum atomic E-state index is 12.7. The van der Waals surface area contributed by atoms with Crippen LogP contribution in [0.25, 0.3) is 0 Å². The Hall–Kier alpha value is -1.83. The van der Waals surface area contributed by atoms with Gasteiger partial charge in [0, 0.05) is 11.7 Å². The van der Waals surface area contributed by atoms with Gasteiger partial charge in [-0.25, -0.2) is 4.79 Å². The quantitative estimate of drug-likeness (QED) is 0.764. The average Bonchev–Trinajstić information content (AvgIpc) is 2.82. The zero-order valence-electron chi connectivity index (χ0n) is 12.2. The Morgan fingerprint density at radius 3 is 2.78 bits per heavy atom. The maximum Gasteiger partial charge on any atom is 0.416 e. The minimum atomic E-state index is -4.44. The van der Waals surface area contributed by atoms with Crippen molar-refractivity contribution < 1.29 is 18.0 Å². The minimum absolute atomic E-state index is 0.0259. The number of anilines is 1. The first-order chi connectivity index (χ1) is 10.9. The second-order valence-electron chi connectivity index (χ2n) is 5.79. The highest BCUT2D eigenvalue weighted by Crippen LogP contribution is 2.31. The molecule has 0 aromatic heterocycles. The molecule has 1 aromatic rings. The first-order valence-electron chi connectivity index (χ1n) is 7.44. The molecule has 1 heterocycles. The van der Waals surface area contributed by atoms with Crippen LogP contribution in [-0.2, 0) is 6.18 Å². The van der Waals surface area contributed by atoms with E-state index in [9.17, 15) is 18.0 Å². The third kappa shape index (κ3) is 3.26. The molecule has 1 aliphatic carbocycles. The maximum absolute atomic E-state index is 12.7. The molecule has 0 spiro atoms. The van der Waals surface area contributed by atoms with Gasteiger partial charge in [0.05, 0.1) is 11.6 Å². The largest absolute Gasteiger partial charge is 0.416 e. The van der Waals surface area contributed by atoms with Gasteiger partial charge < -0.3 is 10.6 Å². The van der Waals surface area contributed by atoms with E-state index in [0.29, 0.717) is 5.11 Å². The molecule has 0 unspecified atom stereocenters. The Balaban J connectivity index is 1.75. The molecule has 23 heavy (non-hydrogen) atoms. The molecule has 1 aromatic carbocycles. The summed E-state index contributed by atoms with van der Waals surface area (Å²) in [7, 11) is 0. The lowest BCUT2D eigenvalue weighted by Crippen LogP contribution is -2.44. The standard InChI is InChI=1S/C15H16F3N3OS/c16-15(17,18)9-4-3-5-10(8-9)19-13(22)21-12-7-2-1-6-11(12)20-14(21)23/h3-5,8,11-12H,1-2,6-7H2,(H,19,22)(H,20,23)/t11-,12+/m0/s1. The molecule has 1 saturated carbocycles. The lowest BCUT2D eigenvalue weighted by Gasteiger charge is -2.29. The molecule has 2 atom stereocenters. The Morgan fingerprint density at radius 2 is 2.04 bits per heavy atom. The predicted molar refractivity (Wildman–Crippen MR) is 84.1 cm³/mol. The van der Waals surface area contributed by atoms with E-state index >= 15 is 0 Å². The van der Waals surface area contributed by atoms with Gasteiger partial charge in [-0.1, -0.05) is 18.9 Å². The number of nitrogens with zero attached hydrogens (tertiary/aromatic N) is 1. The normalized spacial score (nSPS) is 24.1. The van der Waals surface area contributed by atoms with Crippen molar-refractivity contribution in [3.8, 4) is 0 Å². The number of amides is 2. The summed E-state index contributed by atoms with van der Waals surface area (Å²) in [6.45, 7) is 0. The summed E-state index contributed by atoms with van der Waals surface area (Å²) in [6.07, 6.45) is -0.565. The molecule has 124 valence electrons. The molecule has 2 aliphatic rings. The lowest BCUT2D eigenvalue weighted by molar-refractivity contribution is -0.137. The van der Waals surface area contributed by atoms with Crippen LogP contribution in [0.5, 0.6) is 0 Å². The van der Waals surface area contributed by atoms with Crippen LogP contribution >= 0.6 is 12.2 Å². The summed E-state index contributed by atoms with van der Waals surface area (Å²) >= 11 is 5.21. The van der Waals surface area contributed by atoms with Crippen LogP contribution in [-0.4, -0.2) is 28.1 Å². The molecule has 8 heteroatoms. The molecule has 2 fully saturated rings. The number of hydrogen-bond donors (Lipinski definition) is 2. The van der Waals surface area contributed by atoms with E-state index in [1.54, 1.807) is 0 Å². The van der Waals surface area contributed by atoms with Crippen LogP contribution in [0.1, 0.15) is 31.2 Å². The Morgan fingerprint density at radius 1 is 1.30 bits per heavy atom. The van der Waals surface area contributed by atoms with Gasteiger partial charge >= 0.3 is 12.2 Å². The van der Waals surface area contributed by atoms with E-state index in [4.69, 9.17) is 12.2 Å². The van der Waals surface area contributed by atoms with Crippen LogP contribution in [0, 0.1) is 0 Å². The predicted octanol–water partition coefficient (Wildman–Crippen LogP) is 3.74. The molecular formula is C15H16F3N3OS. The zero-order valence-corrected chi connectivity index (χ0v) is 13.0. The summed E-state index contributed by atoms with van der Waals surface area (Å²) < 4.78 is 38.2. The number of rotatable bonds is 1. The number of carbonyl (C=O) groups excluding carboxylic acids is 1. The summed E-state index contributed by atoms with van der Waals surface area (Å²) in [4.78, 5) is 13.9. The third-order valence-electron chi connectivity index (χ3n) is 4.25. The van der Waals surface area contributed by atoms with Gasteiger partial charge in [-0.2, -0.15) is 13.2 Å². The molecular weight excluding hydrogens is 327 g/mol. The van der Waals surface area contributed by atoms with Crippen molar-refractivity contribution in [2.75, 3.05) is 5.32 Å². The molecule has 0 bridgehead atoms. The highest BCUT2D eigenvalue weighted by atomic mass is 32.1. The second-order valence-corrected chi connectivity index (χ2v) is 6.17. The molecule has 1 aliphatic heterocycles. The fourth-order valence-corrected chi connectivity index (χ4v) is 3.54.